The molecule has 0 saturated carbocycles. The Bertz CT molecular complexity index is 792. The van der Waals surface area contributed by atoms with Crippen molar-refractivity contribution in [1.82, 2.24) is 0 Å². The number of thiophene rings is 1. The zero-order valence-corrected chi connectivity index (χ0v) is 13.5. The molecule has 0 spiro atoms. The van der Waals surface area contributed by atoms with E-state index < -0.39 is 0 Å². The van der Waals surface area contributed by atoms with Gasteiger partial charge in [-0.15, -0.1) is 11.3 Å². The fraction of sp³-hybridized carbons (Fsp3) is 0.0588. The Morgan fingerprint density at radius 3 is 2.67 bits per heavy atom. The Hall–Kier alpha value is -1.65. The van der Waals surface area contributed by atoms with Crippen molar-refractivity contribution < 1.29 is 9.13 Å². The van der Waals surface area contributed by atoms with Crippen molar-refractivity contribution in [3.05, 3.63) is 65.4 Å². The molecule has 4 heteroatoms. The van der Waals surface area contributed by atoms with E-state index in [4.69, 9.17) is 4.74 Å². The topological polar surface area (TPSA) is 9.23 Å². The number of ether oxygens (including phenoxy) is 1. The van der Waals surface area contributed by atoms with Gasteiger partial charge in [-0.3, -0.25) is 0 Å². The number of halogens is 2. The quantitative estimate of drug-likeness (QED) is 0.514. The minimum atomic E-state index is -0.231. The Morgan fingerprint density at radius 1 is 1.19 bits per heavy atom. The van der Waals surface area contributed by atoms with Crippen molar-refractivity contribution in [1.29, 1.82) is 0 Å². The van der Waals surface area contributed by atoms with Gasteiger partial charge in [0.1, 0.15) is 18.2 Å². The monoisotopic (exact) mass is 362 g/mol. The molecule has 1 nitrogen and oxygen atoms in total. The number of fused-ring (bicyclic) bond motifs is 1. The molecule has 0 aliphatic heterocycles. The van der Waals surface area contributed by atoms with Crippen LogP contribution in [0.2, 0.25) is 0 Å². The van der Waals surface area contributed by atoms with Gasteiger partial charge in [0.25, 0.3) is 0 Å². The molecule has 3 aromatic rings. The molecular formula is C17H12BrFOS. The van der Waals surface area contributed by atoms with Crippen molar-refractivity contribution >= 4 is 37.4 Å². The van der Waals surface area contributed by atoms with Crippen LogP contribution >= 0.6 is 27.3 Å². The fourth-order valence-corrected chi connectivity index (χ4v) is 4.27. The van der Waals surface area contributed by atoms with Crippen molar-refractivity contribution in [3.63, 3.8) is 0 Å². The lowest BCUT2D eigenvalue weighted by Crippen LogP contribution is -1.92. The summed E-state index contributed by atoms with van der Waals surface area (Å²) in [5.41, 5.74) is 0.985. The van der Waals surface area contributed by atoms with Crippen LogP contribution in [-0.4, -0.2) is 6.61 Å². The Labute approximate surface area is 134 Å². The highest BCUT2D eigenvalue weighted by Gasteiger charge is 2.15. The zero-order valence-electron chi connectivity index (χ0n) is 11.1. The standard InChI is InChI=1S/C17H12BrFOS/c1-2-10-20-13-4-3-5-14-15(13)16(18)17(21-14)11-6-8-12(19)9-7-11/h2-9H,1,10H2. The summed E-state index contributed by atoms with van der Waals surface area (Å²) in [7, 11) is 0. The first kappa shape index (κ1) is 14.3. The minimum Gasteiger partial charge on any atom is -0.489 e. The second kappa shape index (κ2) is 6.00. The van der Waals surface area contributed by atoms with Gasteiger partial charge >= 0.3 is 0 Å². The molecule has 21 heavy (non-hydrogen) atoms. The lowest BCUT2D eigenvalue weighted by molar-refractivity contribution is 0.367. The lowest BCUT2D eigenvalue weighted by Gasteiger charge is -2.05. The molecule has 0 aliphatic carbocycles. The number of benzene rings is 2. The SMILES string of the molecule is C=CCOc1cccc2sc(-c3ccc(F)cc3)c(Br)c12. The maximum absolute atomic E-state index is 13.1. The van der Waals surface area contributed by atoms with E-state index in [9.17, 15) is 4.39 Å². The van der Waals surface area contributed by atoms with Gasteiger partial charge in [0.2, 0.25) is 0 Å². The summed E-state index contributed by atoms with van der Waals surface area (Å²) >= 11 is 5.32. The molecule has 0 saturated heterocycles. The molecule has 1 aromatic heterocycles. The lowest BCUT2D eigenvalue weighted by atomic mass is 10.1. The molecular weight excluding hydrogens is 351 g/mol. The molecule has 0 fully saturated rings. The van der Waals surface area contributed by atoms with Crippen LogP contribution in [0.3, 0.4) is 0 Å². The summed E-state index contributed by atoms with van der Waals surface area (Å²) in [6.45, 7) is 4.14. The molecule has 0 unspecified atom stereocenters. The third kappa shape index (κ3) is 2.74. The van der Waals surface area contributed by atoms with Crippen LogP contribution in [-0.2, 0) is 0 Å². The van der Waals surface area contributed by atoms with Crippen molar-refractivity contribution in [2.24, 2.45) is 0 Å². The maximum atomic E-state index is 13.1. The van der Waals surface area contributed by atoms with E-state index in [0.29, 0.717) is 6.61 Å². The normalized spacial score (nSPS) is 10.8. The van der Waals surface area contributed by atoms with Crippen LogP contribution in [0.1, 0.15) is 0 Å². The van der Waals surface area contributed by atoms with Crippen LogP contribution in [0.25, 0.3) is 20.5 Å². The molecule has 0 N–H and O–H groups in total. The maximum Gasteiger partial charge on any atom is 0.129 e. The van der Waals surface area contributed by atoms with Crippen LogP contribution in [0.5, 0.6) is 5.75 Å². The van der Waals surface area contributed by atoms with Crippen molar-refractivity contribution in [2.75, 3.05) is 6.61 Å². The third-order valence-corrected chi connectivity index (χ3v) is 5.34. The van der Waals surface area contributed by atoms with E-state index in [-0.39, 0.29) is 5.82 Å². The minimum absolute atomic E-state index is 0.231. The Morgan fingerprint density at radius 2 is 1.95 bits per heavy atom. The summed E-state index contributed by atoms with van der Waals surface area (Å²) < 4.78 is 20.9. The first-order valence-corrected chi connectivity index (χ1v) is 8.02. The van der Waals surface area contributed by atoms with E-state index in [1.165, 1.54) is 12.1 Å². The van der Waals surface area contributed by atoms with E-state index in [1.807, 2.05) is 12.1 Å². The average molecular weight is 363 g/mol. The summed E-state index contributed by atoms with van der Waals surface area (Å²) in [5.74, 6) is 0.592. The van der Waals surface area contributed by atoms with Gasteiger partial charge in [-0.2, -0.15) is 0 Å². The highest BCUT2D eigenvalue weighted by atomic mass is 79.9. The largest absolute Gasteiger partial charge is 0.489 e. The third-order valence-electron chi connectivity index (χ3n) is 3.08. The number of rotatable bonds is 4. The average Bonchev–Trinajstić information content (AvgIpc) is 2.84. The van der Waals surface area contributed by atoms with Gasteiger partial charge in [-0.05, 0) is 45.8 Å². The molecule has 0 atom stereocenters. The highest BCUT2D eigenvalue weighted by molar-refractivity contribution is 9.10. The van der Waals surface area contributed by atoms with Gasteiger partial charge in [0.05, 0.1) is 0 Å². The summed E-state index contributed by atoms with van der Waals surface area (Å²) in [5, 5.41) is 1.05. The smallest absolute Gasteiger partial charge is 0.129 e. The number of hydrogen-bond donors (Lipinski definition) is 0. The Balaban J connectivity index is 2.15. The van der Waals surface area contributed by atoms with Gasteiger partial charge in [0, 0.05) is 19.4 Å². The predicted octanol–water partition coefficient (Wildman–Crippen LogP) is 6.03. The molecule has 0 amide bonds. The molecule has 0 radical (unpaired) electrons. The van der Waals surface area contributed by atoms with Gasteiger partial charge in [-0.1, -0.05) is 30.9 Å². The number of hydrogen-bond acceptors (Lipinski definition) is 2. The second-order valence-corrected chi connectivity index (χ2v) is 6.33. The Kier molecular flexibility index (Phi) is 4.08. The first-order chi connectivity index (χ1) is 10.2. The van der Waals surface area contributed by atoms with Gasteiger partial charge in [0.15, 0.2) is 0 Å². The molecule has 0 bridgehead atoms. The van der Waals surface area contributed by atoms with E-state index in [2.05, 4.69) is 28.6 Å². The predicted molar refractivity (Wildman–Crippen MR) is 90.6 cm³/mol. The van der Waals surface area contributed by atoms with E-state index in [1.54, 1.807) is 29.5 Å². The van der Waals surface area contributed by atoms with Crippen LogP contribution in [0.4, 0.5) is 4.39 Å². The van der Waals surface area contributed by atoms with E-state index >= 15 is 0 Å². The fourth-order valence-electron chi connectivity index (χ4n) is 2.14. The van der Waals surface area contributed by atoms with E-state index in [0.717, 1.165) is 30.7 Å². The first-order valence-electron chi connectivity index (χ1n) is 6.41. The van der Waals surface area contributed by atoms with Crippen molar-refractivity contribution in [3.8, 4) is 16.2 Å². The highest BCUT2D eigenvalue weighted by Crippen LogP contribution is 2.45. The van der Waals surface area contributed by atoms with Crippen LogP contribution < -0.4 is 4.74 Å². The zero-order chi connectivity index (χ0) is 14.8. The summed E-state index contributed by atoms with van der Waals surface area (Å²) in [6, 6.07) is 12.5. The van der Waals surface area contributed by atoms with Crippen LogP contribution in [0, 0.1) is 5.82 Å². The van der Waals surface area contributed by atoms with Crippen molar-refractivity contribution in [2.45, 2.75) is 0 Å². The second-order valence-electron chi connectivity index (χ2n) is 4.48. The molecule has 3 rings (SSSR count). The summed E-state index contributed by atoms with van der Waals surface area (Å²) in [4.78, 5) is 1.07. The van der Waals surface area contributed by atoms with Crippen LogP contribution in [0.15, 0.2) is 59.6 Å². The molecule has 2 aromatic carbocycles. The van der Waals surface area contributed by atoms with Gasteiger partial charge in [-0.25, -0.2) is 4.39 Å². The summed E-state index contributed by atoms with van der Waals surface area (Å²) in [6.07, 6.45) is 1.72. The molecule has 1 heterocycles. The molecule has 0 aliphatic rings. The van der Waals surface area contributed by atoms with Gasteiger partial charge < -0.3 is 4.74 Å². The molecule has 106 valence electrons.